The molecule has 0 spiro atoms. The van der Waals surface area contributed by atoms with Crippen molar-refractivity contribution in [1.29, 1.82) is 0 Å². The smallest absolute Gasteiger partial charge is 0.228 e. The van der Waals surface area contributed by atoms with Crippen molar-refractivity contribution in [2.24, 2.45) is 5.92 Å². The second kappa shape index (κ2) is 8.30. The average Bonchev–Trinajstić information content (AvgIpc) is 2.55. The number of aliphatic hydroxyl groups is 1. The van der Waals surface area contributed by atoms with Gasteiger partial charge in [0.25, 0.3) is 0 Å². The molecule has 1 fully saturated rings. The quantitative estimate of drug-likeness (QED) is 0.849. The Bertz CT molecular complexity index is 463. The van der Waals surface area contributed by atoms with Crippen molar-refractivity contribution in [3.05, 3.63) is 30.3 Å². The van der Waals surface area contributed by atoms with Crippen LogP contribution in [0, 0.1) is 5.92 Å². The first-order valence-electron chi connectivity index (χ1n) is 8.30. The van der Waals surface area contributed by atoms with E-state index in [4.69, 9.17) is 0 Å². The van der Waals surface area contributed by atoms with Crippen molar-refractivity contribution >= 4 is 11.6 Å². The molecule has 0 aromatic heterocycles. The summed E-state index contributed by atoms with van der Waals surface area (Å²) >= 11 is 0. The highest BCUT2D eigenvalue weighted by molar-refractivity contribution is 5.93. The Morgan fingerprint density at radius 2 is 2.00 bits per heavy atom. The van der Waals surface area contributed by atoms with Gasteiger partial charge in [0.2, 0.25) is 5.91 Å². The summed E-state index contributed by atoms with van der Waals surface area (Å²) in [5.41, 5.74) is 0.922. The van der Waals surface area contributed by atoms with E-state index in [0.717, 1.165) is 18.5 Å². The molecule has 4 heteroatoms. The molecule has 1 amide bonds. The fourth-order valence-electron chi connectivity index (χ4n) is 3.26. The van der Waals surface area contributed by atoms with E-state index in [2.05, 4.69) is 12.2 Å². The van der Waals surface area contributed by atoms with E-state index in [1.54, 1.807) is 4.90 Å². The number of anilines is 1. The fourth-order valence-corrected chi connectivity index (χ4v) is 3.26. The second-order valence-electron chi connectivity index (χ2n) is 6.39. The molecule has 1 aliphatic rings. The maximum absolute atomic E-state index is 12.4. The van der Waals surface area contributed by atoms with Crippen LogP contribution in [-0.2, 0) is 4.79 Å². The zero-order chi connectivity index (χ0) is 15.9. The monoisotopic (exact) mass is 304 g/mol. The molecule has 2 rings (SSSR count). The van der Waals surface area contributed by atoms with Gasteiger partial charge in [-0.15, -0.1) is 0 Å². The van der Waals surface area contributed by atoms with E-state index in [9.17, 15) is 9.90 Å². The summed E-state index contributed by atoms with van der Waals surface area (Å²) in [5, 5.41) is 13.0. The summed E-state index contributed by atoms with van der Waals surface area (Å²) in [6, 6.07) is 10.2. The van der Waals surface area contributed by atoms with Crippen LogP contribution in [-0.4, -0.2) is 36.8 Å². The average molecular weight is 304 g/mol. The highest BCUT2D eigenvalue weighted by Gasteiger charge is 2.26. The molecule has 0 radical (unpaired) electrons. The van der Waals surface area contributed by atoms with Crippen molar-refractivity contribution in [3.8, 4) is 0 Å². The molecule has 1 aliphatic carbocycles. The third-order valence-corrected chi connectivity index (χ3v) is 4.64. The number of hydrogen-bond acceptors (Lipinski definition) is 3. The summed E-state index contributed by atoms with van der Waals surface area (Å²) in [5.74, 6) is 0.445. The third-order valence-electron chi connectivity index (χ3n) is 4.64. The van der Waals surface area contributed by atoms with Gasteiger partial charge >= 0.3 is 0 Å². The van der Waals surface area contributed by atoms with Gasteiger partial charge < -0.3 is 15.3 Å². The number of nitrogens with zero attached hydrogens (tertiary/aromatic N) is 1. The van der Waals surface area contributed by atoms with E-state index < -0.39 is 0 Å². The normalized spacial score (nSPS) is 23.0. The van der Waals surface area contributed by atoms with Gasteiger partial charge in [0.15, 0.2) is 0 Å². The van der Waals surface area contributed by atoms with E-state index in [-0.39, 0.29) is 18.6 Å². The van der Waals surface area contributed by atoms with Crippen molar-refractivity contribution in [2.75, 3.05) is 18.6 Å². The van der Waals surface area contributed by atoms with Crippen molar-refractivity contribution in [1.82, 2.24) is 5.32 Å². The molecule has 1 saturated carbocycles. The van der Waals surface area contributed by atoms with Gasteiger partial charge in [-0.05, 0) is 37.8 Å². The fraction of sp³-hybridized carbons (Fsp3) is 0.611. The number of nitrogens with one attached hydrogen (secondary N) is 1. The third kappa shape index (κ3) is 4.55. The van der Waals surface area contributed by atoms with E-state index in [0.29, 0.717) is 18.4 Å². The molecule has 122 valence electrons. The minimum atomic E-state index is 0.113. The number of aliphatic hydroxyl groups excluding tert-OH is 1. The van der Waals surface area contributed by atoms with Gasteiger partial charge in [-0.25, -0.2) is 0 Å². The van der Waals surface area contributed by atoms with Gasteiger partial charge in [-0.1, -0.05) is 31.0 Å². The Morgan fingerprint density at radius 3 is 2.68 bits per heavy atom. The Kier molecular flexibility index (Phi) is 6.40. The van der Waals surface area contributed by atoms with Crippen LogP contribution >= 0.6 is 0 Å². The van der Waals surface area contributed by atoms with Gasteiger partial charge in [0.05, 0.1) is 0 Å². The van der Waals surface area contributed by atoms with Crippen LogP contribution in [0.25, 0.3) is 0 Å². The number of para-hydroxylation sites is 1. The van der Waals surface area contributed by atoms with Gasteiger partial charge in [-0.3, -0.25) is 4.79 Å². The Morgan fingerprint density at radius 1 is 1.32 bits per heavy atom. The molecular weight excluding hydrogens is 276 g/mol. The minimum absolute atomic E-state index is 0.113. The van der Waals surface area contributed by atoms with Crippen LogP contribution in [0.5, 0.6) is 0 Å². The topological polar surface area (TPSA) is 52.6 Å². The molecule has 4 nitrogen and oxygen atoms in total. The number of rotatable bonds is 6. The molecule has 3 atom stereocenters. The number of benzene rings is 1. The standard InChI is InChI=1S/C18H28N2O2/c1-14(19-17-11-7-6-8-15(17)13-21)12-18(22)20(2)16-9-4-3-5-10-16/h3-5,9-10,14-15,17,19,21H,6-8,11-13H2,1-2H3. The lowest BCUT2D eigenvalue weighted by atomic mass is 9.84. The first-order chi connectivity index (χ1) is 10.6. The van der Waals surface area contributed by atoms with Crippen molar-refractivity contribution in [3.63, 3.8) is 0 Å². The lowest BCUT2D eigenvalue weighted by Gasteiger charge is -2.33. The van der Waals surface area contributed by atoms with E-state index in [1.807, 2.05) is 37.4 Å². The van der Waals surface area contributed by atoms with Crippen LogP contribution in [0.15, 0.2) is 30.3 Å². The molecule has 1 aromatic carbocycles. The number of carbonyl (C=O) groups excluding carboxylic acids is 1. The zero-order valence-electron chi connectivity index (χ0n) is 13.7. The highest BCUT2D eigenvalue weighted by atomic mass is 16.3. The van der Waals surface area contributed by atoms with E-state index in [1.165, 1.54) is 12.8 Å². The number of hydrogen-bond donors (Lipinski definition) is 2. The van der Waals surface area contributed by atoms with Crippen LogP contribution in [0.2, 0.25) is 0 Å². The van der Waals surface area contributed by atoms with Crippen LogP contribution in [0.3, 0.4) is 0 Å². The number of carbonyl (C=O) groups is 1. The minimum Gasteiger partial charge on any atom is -0.396 e. The van der Waals surface area contributed by atoms with Gasteiger partial charge in [0.1, 0.15) is 0 Å². The number of amides is 1. The SMILES string of the molecule is CC(CC(=O)N(C)c1ccccc1)NC1CCCCC1CO. The Labute approximate surface area is 133 Å². The summed E-state index contributed by atoms with van der Waals surface area (Å²) in [6.45, 7) is 2.29. The first kappa shape index (κ1) is 17.0. The lowest BCUT2D eigenvalue weighted by molar-refractivity contribution is -0.118. The summed E-state index contributed by atoms with van der Waals surface area (Å²) < 4.78 is 0. The van der Waals surface area contributed by atoms with Gasteiger partial charge in [-0.2, -0.15) is 0 Å². The predicted molar refractivity (Wildman–Crippen MR) is 89.9 cm³/mol. The molecule has 0 saturated heterocycles. The molecule has 2 N–H and O–H groups in total. The van der Waals surface area contributed by atoms with Crippen LogP contribution < -0.4 is 10.2 Å². The molecule has 22 heavy (non-hydrogen) atoms. The zero-order valence-corrected chi connectivity index (χ0v) is 13.7. The summed E-state index contributed by atoms with van der Waals surface area (Å²) in [4.78, 5) is 14.1. The summed E-state index contributed by atoms with van der Waals surface area (Å²) in [6.07, 6.45) is 5.06. The molecule has 0 bridgehead atoms. The summed E-state index contributed by atoms with van der Waals surface area (Å²) in [7, 11) is 1.82. The Hall–Kier alpha value is -1.39. The largest absolute Gasteiger partial charge is 0.396 e. The molecule has 3 unspecified atom stereocenters. The van der Waals surface area contributed by atoms with Crippen molar-refractivity contribution in [2.45, 2.75) is 51.1 Å². The first-order valence-corrected chi connectivity index (χ1v) is 8.30. The highest BCUT2D eigenvalue weighted by Crippen LogP contribution is 2.24. The van der Waals surface area contributed by atoms with Crippen LogP contribution in [0.4, 0.5) is 5.69 Å². The van der Waals surface area contributed by atoms with E-state index >= 15 is 0 Å². The maximum Gasteiger partial charge on any atom is 0.228 e. The maximum atomic E-state index is 12.4. The lowest BCUT2D eigenvalue weighted by Crippen LogP contribution is -2.46. The molecular formula is C18H28N2O2. The molecule has 0 heterocycles. The predicted octanol–water partition coefficient (Wildman–Crippen LogP) is 2.57. The van der Waals surface area contributed by atoms with Crippen molar-refractivity contribution < 1.29 is 9.90 Å². The molecule has 1 aromatic rings. The van der Waals surface area contributed by atoms with Gasteiger partial charge in [0, 0.05) is 37.8 Å². The Balaban J connectivity index is 1.85. The second-order valence-corrected chi connectivity index (χ2v) is 6.39. The molecule has 0 aliphatic heterocycles. The van der Waals surface area contributed by atoms with Crippen LogP contribution in [0.1, 0.15) is 39.0 Å².